The molecule has 0 radical (unpaired) electrons. The Morgan fingerprint density at radius 3 is 2.42 bits per heavy atom. The number of nitrogens with two attached hydrogens (primary N) is 1. The zero-order chi connectivity index (χ0) is 18.7. The molecule has 0 saturated carbocycles. The monoisotopic (exact) mass is 375 g/mol. The number of primary sulfonamides is 1. The van der Waals surface area contributed by atoms with Crippen LogP contribution in [0.3, 0.4) is 0 Å². The summed E-state index contributed by atoms with van der Waals surface area (Å²) < 4.78 is 28.4. The molecule has 1 aliphatic heterocycles. The van der Waals surface area contributed by atoms with Gasteiger partial charge in [-0.2, -0.15) is 0 Å². The van der Waals surface area contributed by atoms with Crippen LogP contribution < -0.4 is 19.7 Å². The van der Waals surface area contributed by atoms with Crippen LogP contribution in [0.15, 0.2) is 53.4 Å². The highest BCUT2D eigenvalue weighted by Crippen LogP contribution is 2.33. The molecule has 0 aromatic heterocycles. The number of nitrogens with zero attached hydrogens (tertiary/aromatic N) is 2. The molecular formula is C19H25N3O3S. The van der Waals surface area contributed by atoms with Crippen molar-refractivity contribution in [1.29, 1.82) is 0 Å². The topological polar surface area (TPSA) is 75.9 Å². The van der Waals surface area contributed by atoms with Crippen molar-refractivity contribution >= 4 is 21.4 Å². The molecule has 6 nitrogen and oxygen atoms in total. The molecular weight excluding hydrogens is 350 g/mol. The minimum Gasteiger partial charge on any atom is -0.492 e. The van der Waals surface area contributed by atoms with Crippen molar-refractivity contribution < 1.29 is 13.2 Å². The molecule has 0 spiro atoms. The van der Waals surface area contributed by atoms with Gasteiger partial charge in [-0.1, -0.05) is 12.1 Å². The largest absolute Gasteiger partial charge is 0.492 e. The molecule has 1 heterocycles. The Morgan fingerprint density at radius 1 is 1.12 bits per heavy atom. The molecule has 7 heteroatoms. The highest BCUT2D eigenvalue weighted by atomic mass is 32.2. The summed E-state index contributed by atoms with van der Waals surface area (Å²) in [6.07, 6.45) is 1.08. The number of hydrogen-bond acceptors (Lipinski definition) is 5. The molecule has 0 amide bonds. The van der Waals surface area contributed by atoms with Crippen LogP contribution in [0.1, 0.15) is 13.3 Å². The van der Waals surface area contributed by atoms with Crippen molar-refractivity contribution in [3.05, 3.63) is 48.5 Å². The first kappa shape index (κ1) is 18.5. The summed E-state index contributed by atoms with van der Waals surface area (Å²) in [5.74, 6) is 0.630. The average molecular weight is 375 g/mol. The van der Waals surface area contributed by atoms with Gasteiger partial charge in [-0.25, -0.2) is 13.6 Å². The predicted molar refractivity (Wildman–Crippen MR) is 104 cm³/mol. The number of benzene rings is 2. The van der Waals surface area contributed by atoms with Gasteiger partial charge in [-0.15, -0.1) is 0 Å². The fraction of sp³-hybridized carbons (Fsp3) is 0.368. The van der Waals surface area contributed by atoms with E-state index in [2.05, 4.69) is 48.0 Å². The Hall–Kier alpha value is -2.25. The molecule has 2 aromatic carbocycles. The van der Waals surface area contributed by atoms with E-state index in [1.165, 1.54) is 23.5 Å². The first-order chi connectivity index (χ1) is 12.4. The maximum Gasteiger partial charge on any atom is 0.238 e. The molecule has 2 aromatic rings. The van der Waals surface area contributed by atoms with E-state index in [0.717, 1.165) is 19.5 Å². The van der Waals surface area contributed by atoms with Crippen LogP contribution in [0.4, 0.5) is 11.4 Å². The average Bonchev–Trinajstić information content (AvgIpc) is 2.73. The van der Waals surface area contributed by atoms with Crippen molar-refractivity contribution in [2.75, 3.05) is 36.5 Å². The number of hydrogen-bond donors (Lipinski definition) is 1. The van der Waals surface area contributed by atoms with E-state index in [1.54, 1.807) is 12.1 Å². The van der Waals surface area contributed by atoms with Gasteiger partial charge in [0.05, 0.1) is 22.8 Å². The molecule has 26 heavy (non-hydrogen) atoms. The van der Waals surface area contributed by atoms with Crippen LogP contribution in [0.25, 0.3) is 0 Å². The summed E-state index contributed by atoms with van der Waals surface area (Å²) in [7, 11) is -1.55. The van der Waals surface area contributed by atoms with E-state index in [1.807, 2.05) is 0 Å². The maximum atomic E-state index is 11.3. The summed E-state index contributed by atoms with van der Waals surface area (Å²) >= 11 is 0. The summed E-state index contributed by atoms with van der Waals surface area (Å²) in [4.78, 5) is 4.75. The molecule has 140 valence electrons. The summed E-state index contributed by atoms with van der Waals surface area (Å²) in [5, 5.41) is 5.11. The molecule has 0 fully saturated rings. The van der Waals surface area contributed by atoms with E-state index < -0.39 is 10.0 Å². The van der Waals surface area contributed by atoms with Crippen LogP contribution in [0, 0.1) is 0 Å². The number of fused-ring (bicyclic) bond motifs is 1. The highest BCUT2D eigenvalue weighted by molar-refractivity contribution is 7.89. The normalized spacial score (nSPS) is 17.6. The third-order valence-corrected chi connectivity index (χ3v) is 5.70. The van der Waals surface area contributed by atoms with Gasteiger partial charge in [0.25, 0.3) is 0 Å². The zero-order valence-corrected chi connectivity index (χ0v) is 15.9. The lowest BCUT2D eigenvalue weighted by molar-refractivity contribution is 0.319. The van der Waals surface area contributed by atoms with Crippen LogP contribution in [-0.2, 0) is 10.0 Å². The quantitative estimate of drug-likeness (QED) is 0.869. The third-order valence-electron chi connectivity index (χ3n) is 4.77. The highest BCUT2D eigenvalue weighted by Gasteiger charge is 2.23. The lowest BCUT2D eigenvalue weighted by Crippen LogP contribution is -2.36. The Kier molecular flexibility index (Phi) is 5.38. The smallest absolute Gasteiger partial charge is 0.238 e. The van der Waals surface area contributed by atoms with E-state index in [0.29, 0.717) is 18.4 Å². The van der Waals surface area contributed by atoms with Gasteiger partial charge in [-0.05, 0) is 49.7 Å². The van der Waals surface area contributed by atoms with E-state index in [4.69, 9.17) is 9.88 Å². The van der Waals surface area contributed by atoms with Gasteiger partial charge >= 0.3 is 0 Å². The van der Waals surface area contributed by atoms with E-state index >= 15 is 0 Å². The Bertz CT molecular complexity index is 853. The summed E-state index contributed by atoms with van der Waals surface area (Å²) in [5.41, 5.74) is 2.45. The van der Waals surface area contributed by atoms with Crippen LogP contribution in [-0.4, -0.2) is 41.2 Å². The number of para-hydroxylation sites is 2. The van der Waals surface area contributed by atoms with Crippen LogP contribution >= 0.6 is 0 Å². The van der Waals surface area contributed by atoms with Crippen molar-refractivity contribution in [3.63, 3.8) is 0 Å². The number of ether oxygens (including phenoxy) is 1. The van der Waals surface area contributed by atoms with Crippen LogP contribution in [0.5, 0.6) is 5.75 Å². The second kappa shape index (κ2) is 7.55. The van der Waals surface area contributed by atoms with Crippen molar-refractivity contribution in [2.24, 2.45) is 5.14 Å². The Morgan fingerprint density at radius 2 is 1.77 bits per heavy atom. The maximum absolute atomic E-state index is 11.3. The summed E-state index contributed by atoms with van der Waals surface area (Å²) in [6.45, 7) is 4.52. The van der Waals surface area contributed by atoms with Gasteiger partial charge < -0.3 is 14.5 Å². The SMILES string of the molecule is CC1CCN(C)c2ccccc2N1CCOc1ccc(S(N)(=O)=O)cc1. The number of sulfonamides is 1. The van der Waals surface area contributed by atoms with E-state index in [-0.39, 0.29) is 4.90 Å². The van der Waals surface area contributed by atoms with Crippen LogP contribution in [0.2, 0.25) is 0 Å². The molecule has 1 unspecified atom stereocenters. The molecule has 1 atom stereocenters. The van der Waals surface area contributed by atoms with E-state index in [9.17, 15) is 8.42 Å². The lowest BCUT2D eigenvalue weighted by Gasteiger charge is -2.30. The molecule has 0 saturated heterocycles. The zero-order valence-electron chi connectivity index (χ0n) is 15.1. The van der Waals surface area contributed by atoms with Crippen molar-refractivity contribution in [3.8, 4) is 5.75 Å². The van der Waals surface area contributed by atoms with Gasteiger partial charge in [0.1, 0.15) is 12.4 Å². The standard InChI is InChI=1S/C19H25N3O3S/c1-15-11-12-21(2)18-5-3-4-6-19(18)22(15)13-14-25-16-7-9-17(10-8-16)26(20,23)24/h3-10,15H,11-14H2,1-2H3,(H2,20,23,24). The fourth-order valence-corrected chi connectivity index (χ4v) is 3.77. The first-order valence-corrected chi connectivity index (χ1v) is 10.2. The second-order valence-corrected chi connectivity index (χ2v) is 8.17. The van der Waals surface area contributed by atoms with Gasteiger partial charge in [0.2, 0.25) is 10.0 Å². The van der Waals surface area contributed by atoms with Gasteiger partial charge in [0.15, 0.2) is 0 Å². The molecule has 2 N–H and O–H groups in total. The summed E-state index contributed by atoms with van der Waals surface area (Å²) in [6, 6.07) is 15.0. The molecule has 1 aliphatic rings. The predicted octanol–water partition coefficient (Wildman–Crippen LogP) is 2.45. The third kappa shape index (κ3) is 4.11. The number of anilines is 2. The minimum atomic E-state index is -3.68. The minimum absolute atomic E-state index is 0.0861. The van der Waals surface area contributed by atoms with Gasteiger partial charge in [-0.3, -0.25) is 0 Å². The molecule has 0 aliphatic carbocycles. The Balaban J connectivity index is 1.68. The molecule has 3 rings (SSSR count). The second-order valence-electron chi connectivity index (χ2n) is 6.61. The van der Waals surface area contributed by atoms with Crippen molar-refractivity contribution in [2.45, 2.75) is 24.3 Å². The van der Waals surface area contributed by atoms with Crippen molar-refractivity contribution in [1.82, 2.24) is 0 Å². The first-order valence-electron chi connectivity index (χ1n) is 8.69. The Labute approximate surface area is 155 Å². The lowest BCUT2D eigenvalue weighted by atomic mass is 10.2. The molecule has 0 bridgehead atoms. The van der Waals surface area contributed by atoms with Gasteiger partial charge in [0, 0.05) is 19.6 Å². The fourth-order valence-electron chi connectivity index (χ4n) is 3.25. The number of rotatable bonds is 5.